The molecule has 1 aromatic carbocycles. The quantitative estimate of drug-likeness (QED) is 0.837. The smallest absolute Gasteiger partial charge is 0.132 e. The lowest BCUT2D eigenvalue weighted by atomic mass is 10.1. The van der Waals surface area contributed by atoms with Crippen LogP contribution in [-0.4, -0.2) is 9.55 Å². The Morgan fingerprint density at radius 1 is 1.50 bits per heavy atom. The summed E-state index contributed by atoms with van der Waals surface area (Å²) in [6.07, 6.45) is 5.41. The molecule has 2 rings (SSSR count). The lowest BCUT2D eigenvalue weighted by Gasteiger charge is -2.08. The van der Waals surface area contributed by atoms with Crippen LogP contribution in [0.1, 0.15) is 25.6 Å². The molecule has 2 N–H and O–H groups in total. The second-order valence-electron chi connectivity index (χ2n) is 4.77. The van der Waals surface area contributed by atoms with Crippen molar-refractivity contribution >= 4 is 33.3 Å². The first kappa shape index (κ1) is 15.0. The van der Waals surface area contributed by atoms with E-state index in [-0.39, 0.29) is 5.92 Å². The molecule has 20 heavy (non-hydrogen) atoms. The third-order valence-corrected chi connectivity index (χ3v) is 3.81. The van der Waals surface area contributed by atoms with Gasteiger partial charge in [-0.25, -0.2) is 4.98 Å². The summed E-state index contributed by atoms with van der Waals surface area (Å²) >= 11 is 9.69. The molecule has 0 aliphatic heterocycles. The van der Waals surface area contributed by atoms with Crippen molar-refractivity contribution < 1.29 is 0 Å². The normalized spacial score (nSPS) is 10.8. The van der Waals surface area contributed by atoms with Gasteiger partial charge in [-0.1, -0.05) is 47.3 Å². The Kier molecular flexibility index (Phi) is 4.42. The monoisotopic (exact) mass is 351 g/mol. The van der Waals surface area contributed by atoms with E-state index in [9.17, 15) is 0 Å². The molecule has 0 radical (unpaired) electrons. The zero-order valence-corrected chi connectivity index (χ0v) is 13.7. The largest absolute Gasteiger partial charge is 0.383 e. The molecule has 0 amide bonds. The third kappa shape index (κ3) is 2.70. The molecule has 0 spiro atoms. The van der Waals surface area contributed by atoms with Gasteiger partial charge in [-0.15, -0.1) is 6.42 Å². The van der Waals surface area contributed by atoms with E-state index in [0.717, 1.165) is 15.9 Å². The molecule has 5 heteroatoms. The topological polar surface area (TPSA) is 43.8 Å². The van der Waals surface area contributed by atoms with E-state index >= 15 is 0 Å². The summed E-state index contributed by atoms with van der Waals surface area (Å²) in [7, 11) is 0. The number of nitrogens with zero attached hydrogens (tertiary/aromatic N) is 2. The molecule has 0 bridgehead atoms. The number of terminal acetylenes is 1. The molecule has 1 heterocycles. The fourth-order valence-corrected chi connectivity index (χ4v) is 2.63. The van der Waals surface area contributed by atoms with Crippen LogP contribution in [0.4, 0.5) is 5.82 Å². The molecule has 104 valence electrons. The Bertz CT molecular complexity index is 683. The zero-order valence-electron chi connectivity index (χ0n) is 11.3. The van der Waals surface area contributed by atoms with Gasteiger partial charge in [-0.3, -0.25) is 0 Å². The minimum absolute atomic E-state index is 0.227. The van der Waals surface area contributed by atoms with Gasteiger partial charge in [-0.2, -0.15) is 0 Å². The van der Waals surface area contributed by atoms with Gasteiger partial charge in [0.2, 0.25) is 0 Å². The van der Waals surface area contributed by atoms with E-state index < -0.39 is 0 Å². The van der Waals surface area contributed by atoms with E-state index in [0.29, 0.717) is 23.1 Å². The highest BCUT2D eigenvalue weighted by Gasteiger charge is 2.19. The minimum atomic E-state index is 0.227. The van der Waals surface area contributed by atoms with Crippen LogP contribution in [0.15, 0.2) is 22.7 Å². The molecule has 0 fully saturated rings. The fourth-order valence-electron chi connectivity index (χ4n) is 2.06. The van der Waals surface area contributed by atoms with E-state index in [1.165, 1.54) is 0 Å². The number of benzene rings is 1. The summed E-state index contributed by atoms with van der Waals surface area (Å²) in [5, 5.41) is 0.612. The highest BCUT2D eigenvalue weighted by molar-refractivity contribution is 9.10. The molecule has 1 aromatic heterocycles. The van der Waals surface area contributed by atoms with E-state index in [1.54, 1.807) is 0 Å². The first-order valence-electron chi connectivity index (χ1n) is 6.20. The predicted octanol–water partition coefficient (Wildman–Crippen LogP) is 4.30. The van der Waals surface area contributed by atoms with Crippen LogP contribution >= 0.6 is 27.5 Å². The van der Waals surface area contributed by atoms with Crippen molar-refractivity contribution in [2.75, 3.05) is 5.73 Å². The second-order valence-corrected chi connectivity index (χ2v) is 6.10. The summed E-state index contributed by atoms with van der Waals surface area (Å²) in [4.78, 5) is 4.64. The Labute approximate surface area is 132 Å². The molecular formula is C15H15BrClN3. The van der Waals surface area contributed by atoms with Gasteiger partial charge in [-0.05, 0) is 18.2 Å². The molecule has 0 aliphatic carbocycles. The van der Waals surface area contributed by atoms with Gasteiger partial charge >= 0.3 is 0 Å². The Hall–Kier alpha value is -1.44. The molecule has 3 nitrogen and oxygen atoms in total. The van der Waals surface area contributed by atoms with Crippen LogP contribution in [0.5, 0.6) is 0 Å². The number of hydrogen-bond acceptors (Lipinski definition) is 2. The van der Waals surface area contributed by atoms with E-state index in [4.69, 9.17) is 23.8 Å². The maximum Gasteiger partial charge on any atom is 0.132 e. The maximum absolute atomic E-state index is 6.25. The molecule has 0 saturated heterocycles. The van der Waals surface area contributed by atoms with Crippen LogP contribution in [0, 0.1) is 12.3 Å². The number of aromatic nitrogens is 2. The Balaban J connectivity index is 2.66. The van der Waals surface area contributed by atoms with E-state index in [2.05, 4.69) is 40.7 Å². The third-order valence-electron chi connectivity index (χ3n) is 2.99. The van der Waals surface area contributed by atoms with Crippen molar-refractivity contribution in [2.45, 2.75) is 26.3 Å². The maximum atomic E-state index is 6.25. The Morgan fingerprint density at radius 2 is 2.20 bits per heavy atom. The lowest BCUT2D eigenvalue weighted by molar-refractivity contribution is 0.691. The molecule has 0 unspecified atom stereocenters. The van der Waals surface area contributed by atoms with Crippen LogP contribution in [0.25, 0.3) is 11.3 Å². The number of rotatable bonds is 3. The highest BCUT2D eigenvalue weighted by atomic mass is 79.9. The van der Waals surface area contributed by atoms with Gasteiger partial charge in [0.1, 0.15) is 17.3 Å². The number of halogens is 2. The molecular weight excluding hydrogens is 338 g/mol. The zero-order chi connectivity index (χ0) is 14.9. The number of imidazole rings is 1. The fraction of sp³-hybridized carbons (Fsp3) is 0.267. The summed E-state index contributed by atoms with van der Waals surface area (Å²) in [6, 6.07) is 5.60. The molecule has 0 aliphatic rings. The number of hydrogen-bond donors (Lipinski definition) is 1. The lowest BCUT2D eigenvalue weighted by Crippen LogP contribution is -2.07. The minimum Gasteiger partial charge on any atom is -0.383 e. The summed E-state index contributed by atoms with van der Waals surface area (Å²) in [5.41, 5.74) is 7.69. The highest BCUT2D eigenvalue weighted by Crippen LogP contribution is 2.35. The summed E-state index contributed by atoms with van der Waals surface area (Å²) < 4.78 is 2.78. The van der Waals surface area contributed by atoms with Gasteiger partial charge in [0.25, 0.3) is 0 Å². The average Bonchev–Trinajstić information content (AvgIpc) is 2.71. The number of nitrogen functional groups attached to an aromatic ring is 1. The first-order valence-corrected chi connectivity index (χ1v) is 7.37. The second kappa shape index (κ2) is 5.90. The average molecular weight is 353 g/mol. The summed E-state index contributed by atoms with van der Waals surface area (Å²) in [5.74, 6) is 4.25. The number of nitrogens with two attached hydrogens (primary N) is 1. The van der Waals surface area contributed by atoms with Crippen LogP contribution < -0.4 is 5.73 Å². The standard InChI is InChI=1S/C15H15BrClN3/c1-4-7-20-14(18)13(19-15(20)9(2)3)11-8-10(16)5-6-12(11)17/h1,5-6,8-9H,7,18H2,2-3H3. The Morgan fingerprint density at radius 3 is 2.80 bits per heavy atom. The molecule has 2 aromatic rings. The van der Waals surface area contributed by atoms with Crippen LogP contribution in [-0.2, 0) is 6.54 Å². The van der Waals surface area contributed by atoms with Crippen LogP contribution in [0.2, 0.25) is 5.02 Å². The van der Waals surface area contributed by atoms with Gasteiger partial charge in [0.05, 0.1) is 11.6 Å². The van der Waals surface area contributed by atoms with E-state index in [1.807, 2.05) is 22.8 Å². The molecule has 0 atom stereocenters. The SMILES string of the molecule is C#CCn1c(C(C)C)nc(-c2cc(Br)ccc2Cl)c1N. The van der Waals surface area contributed by atoms with Crippen molar-refractivity contribution in [1.82, 2.24) is 9.55 Å². The predicted molar refractivity (Wildman–Crippen MR) is 87.7 cm³/mol. The summed E-state index contributed by atoms with van der Waals surface area (Å²) in [6.45, 7) is 4.51. The van der Waals surface area contributed by atoms with Crippen molar-refractivity contribution in [1.29, 1.82) is 0 Å². The van der Waals surface area contributed by atoms with Crippen molar-refractivity contribution in [3.8, 4) is 23.6 Å². The first-order chi connectivity index (χ1) is 9.45. The number of anilines is 1. The van der Waals surface area contributed by atoms with Gasteiger partial charge in [0, 0.05) is 16.0 Å². The van der Waals surface area contributed by atoms with Gasteiger partial charge < -0.3 is 10.3 Å². The van der Waals surface area contributed by atoms with Gasteiger partial charge in [0.15, 0.2) is 0 Å². The molecule has 0 saturated carbocycles. The van der Waals surface area contributed by atoms with Crippen molar-refractivity contribution in [2.24, 2.45) is 0 Å². The van der Waals surface area contributed by atoms with Crippen molar-refractivity contribution in [3.05, 3.63) is 33.5 Å². The van der Waals surface area contributed by atoms with Crippen molar-refractivity contribution in [3.63, 3.8) is 0 Å². The van der Waals surface area contributed by atoms with Crippen LogP contribution in [0.3, 0.4) is 0 Å².